The predicted molar refractivity (Wildman–Crippen MR) is 104 cm³/mol. The number of aromatic nitrogens is 1. The van der Waals surface area contributed by atoms with Crippen LogP contribution in [0, 0.1) is 5.82 Å². The van der Waals surface area contributed by atoms with Gasteiger partial charge in [-0.1, -0.05) is 30.3 Å². The molecule has 0 amide bonds. The fraction of sp³-hybridized carbons (Fsp3) is 0.227. The van der Waals surface area contributed by atoms with Crippen LogP contribution in [-0.4, -0.2) is 36.1 Å². The van der Waals surface area contributed by atoms with E-state index in [1.54, 1.807) is 12.1 Å². The average Bonchev–Trinajstić information content (AvgIpc) is 2.70. The zero-order valence-electron chi connectivity index (χ0n) is 14.7. The van der Waals surface area contributed by atoms with Crippen molar-refractivity contribution < 1.29 is 4.39 Å². The van der Waals surface area contributed by atoms with Gasteiger partial charge in [-0.2, -0.15) is 0 Å². The van der Waals surface area contributed by atoms with E-state index in [1.807, 2.05) is 12.4 Å². The fourth-order valence-corrected chi connectivity index (χ4v) is 3.44. The Hall–Kier alpha value is -2.72. The van der Waals surface area contributed by atoms with E-state index in [4.69, 9.17) is 0 Å². The van der Waals surface area contributed by atoms with E-state index in [0.717, 1.165) is 43.9 Å². The van der Waals surface area contributed by atoms with E-state index >= 15 is 0 Å². The highest BCUT2D eigenvalue weighted by atomic mass is 19.1. The Morgan fingerprint density at radius 2 is 1.54 bits per heavy atom. The molecule has 0 aliphatic carbocycles. The molecule has 4 rings (SSSR count). The minimum Gasteiger partial charge on any atom is -0.369 e. The van der Waals surface area contributed by atoms with Crippen molar-refractivity contribution in [3.05, 3.63) is 84.4 Å². The highest BCUT2D eigenvalue weighted by molar-refractivity contribution is 5.62. The standard InChI is InChI=1S/C22H22FN3/c23-21-8-6-19(7-9-21)20-14-18(15-24-16-20)17-25-10-12-26(13-11-25)22-4-2-1-3-5-22/h1-9,14-16H,10-13,17H2. The van der Waals surface area contributed by atoms with Crippen molar-refractivity contribution in [2.75, 3.05) is 31.1 Å². The van der Waals surface area contributed by atoms with Crippen LogP contribution in [0.25, 0.3) is 11.1 Å². The number of benzene rings is 2. The summed E-state index contributed by atoms with van der Waals surface area (Å²) in [6.07, 6.45) is 3.76. The summed E-state index contributed by atoms with van der Waals surface area (Å²) in [4.78, 5) is 9.28. The first-order chi connectivity index (χ1) is 12.8. The van der Waals surface area contributed by atoms with Crippen LogP contribution in [0.1, 0.15) is 5.56 Å². The van der Waals surface area contributed by atoms with E-state index < -0.39 is 0 Å². The Bertz CT molecular complexity index is 841. The molecule has 0 radical (unpaired) electrons. The molecule has 1 aliphatic heterocycles. The van der Waals surface area contributed by atoms with E-state index in [2.05, 4.69) is 51.2 Å². The zero-order chi connectivity index (χ0) is 17.8. The van der Waals surface area contributed by atoms with Crippen LogP contribution in [0.5, 0.6) is 0 Å². The molecule has 1 aromatic heterocycles. The number of piperazine rings is 1. The number of anilines is 1. The van der Waals surface area contributed by atoms with Crippen LogP contribution in [0.3, 0.4) is 0 Å². The first-order valence-corrected chi connectivity index (χ1v) is 9.00. The second-order valence-corrected chi connectivity index (χ2v) is 6.69. The first-order valence-electron chi connectivity index (χ1n) is 9.00. The number of pyridine rings is 1. The largest absolute Gasteiger partial charge is 0.369 e. The van der Waals surface area contributed by atoms with E-state index in [0.29, 0.717) is 0 Å². The molecule has 0 bridgehead atoms. The Labute approximate surface area is 153 Å². The van der Waals surface area contributed by atoms with Crippen molar-refractivity contribution in [1.82, 2.24) is 9.88 Å². The SMILES string of the molecule is Fc1ccc(-c2cncc(CN3CCN(c4ccccc4)CC3)c2)cc1. The van der Waals surface area contributed by atoms with Crippen molar-refractivity contribution in [1.29, 1.82) is 0 Å². The number of nitrogens with zero attached hydrogens (tertiary/aromatic N) is 3. The van der Waals surface area contributed by atoms with Crippen LogP contribution in [0.4, 0.5) is 10.1 Å². The third kappa shape index (κ3) is 3.92. The molecule has 132 valence electrons. The van der Waals surface area contributed by atoms with Crippen molar-refractivity contribution >= 4 is 5.69 Å². The summed E-state index contributed by atoms with van der Waals surface area (Å²) >= 11 is 0. The second-order valence-electron chi connectivity index (χ2n) is 6.69. The molecule has 0 N–H and O–H groups in total. The minimum atomic E-state index is -0.214. The molecule has 1 saturated heterocycles. The number of halogens is 1. The quantitative estimate of drug-likeness (QED) is 0.705. The number of hydrogen-bond acceptors (Lipinski definition) is 3. The lowest BCUT2D eigenvalue weighted by Gasteiger charge is -2.36. The third-order valence-electron chi connectivity index (χ3n) is 4.87. The van der Waals surface area contributed by atoms with Crippen LogP contribution in [-0.2, 0) is 6.54 Å². The molecule has 0 unspecified atom stereocenters. The highest BCUT2D eigenvalue weighted by Gasteiger charge is 2.17. The zero-order valence-corrected chi connectivity index (χ0v) is 14.7. The molecular formula is C22H22FN3. The van der Waals surface area contributed by atoms with Gasteiger partial charge in [-0.25, -0.2) is 4.39 Å². The molecule has 1 aliphatic rings. The maximum atomic E-state index is 13.1. The monoisotopic (exact) mass is 347 g/mol. The number of hydrogen-bond donors (Lipinski definition) is 0. The van der Waals surface area contributed by atoms with Crippen molar-refractivity contribution in [2.24, 2.45) is 0 Å². The molecule has 0 atom stereocenters. The van der Waals surface area contributed by atoms with Crippen molar-refractivity contribution in [2.45, 2.75) is 6.54 Å². The van der Waals surface area contributed by atoms with Crippen LogP contribution >= 0.6 is 0 Å². The highest BCUT2D eigenvalue weighted by Crippen LogP contribution is 2.21. The number of rotatable bonds is 4. The van der Waals surface area contributed by atoms with Crippen LogP contribution < -0.4 is 4.90 Å². The number of para-hydroxylation sites is 1. The molecule has 3 nitrogen and oxygen atoms in total. The van der Waals surface area contributed by atoms with Gasteiger partial charge in [0, 0.05) is 56.4 Å². The van der Waals surface area contributed by atoms with E-state index in [1.165, 1.54) is 23.4 Å². The molecule has 2 heterocycles. The van der Waals surface area contributed by atoms with Gasteiger partial charge in [0.15, 0.2) is 0 Å². The Balaban J connectivity index is 1.39. The summed E-state index contributed by atoms with van der Waals surface area (Å²) in [5, 5.41) is 0. The minimum absolute atomic E-state index is 0.214. The topological polar surface area (TPSA) is 19.4 Å². The molecule has 0 spiro atoms. The van der Waals surface area contributed by atoms with E-state index in [-0.39, 0.29) is 5.82 Å². The first kappa shape index (κ1) is 16.7. The fourth-order valence-electron chi connectivity index (χ4n) is 3.44. The summed E-state index contributed by atoms with van der Waals surface area (Å²) in [5.41, 5.74) is 4.52. The molecule has 26 heavy (non-hydrogen) atoms. The smallest absolute Gasteiger partial charge is 0.123 e. The molecular weight excluding hydrogens is 325 g/mol. The van der Waals surface area contributed by atoms with Gasteiger partial charge in [0.1, 0.15) is 5.82 Å². The predicted octanol–water partition coefficient (Wildman–Crippen LogP) is 4.21. The summed E-state index contributed by atoms with van der Waals surface area (Å²) in [7, 11) is 0. The van der Waals surface area contributed by atoms with Gasteiger partial charge in [-0.3, -0.25) is 9.88 Å². The van der Waals surface area contributed by atoms with Crippen molar-refractivity contribution in [3.8, 4) is 11.1 Å². The van der Waals surface area contributed by atoms with Gasteiger partial charge < -0.3 is 4.90 Å². The molecule has 0 saturated carbocycles. The lowest BCUT2D eigenvalue weighted by Crippen LogP contribution is -2.45. The normalized spacial score (nSPS) is 15.2. The Kier molecular flexibility index (Phi) is 4.93. The maximum absolute atomic E-state index is 13.1. The third-order valence-corrected chi connectivity index (χ3v) is 4.87. The van der Waals surface area contributed by atoms with Crippen LogP contribution in [0.15, 0.2) is 73.1 Å². The molecule has 1 fully saturated rings. The van der Waals surface area contributed by atoms with Gasteiger partial charge in [-0.15, -0.1) is 0 Å². The van der Waals surface area contributed by atoms with E-state index in [9.17, 15) is 4.39 Å². The van der Waals surface area contributed by atoms with Gasteiger partial charge in [0.05, 0.1) is 0 Å². The summed E-state index contributed by atoms with van der Waals surface area (Å²) < 4.78 is 13.1. The lowest BCUT2D eigenvalue weighted by molar-refractivity contribution is 0.249. The Morgan fingerprint density at radius 1 is 0.808 bits per heavy atom. The van der Waals surface area contributed by atoms with Gasteiger partial charge in [0.25, 0.3) is 0 Å². The second kappa shape index (κ2) is 7.67. The van der Waals surface area contributed by atoms with Crippen molar-refractivity contribution in [3.63, 3.8) is 0 Å². The lowest BCUT2D eigenvalue weighted by atomic mass is 10.1. The van der Waals surface area contributed by atoms with Gasteiger partial charge >= 0.3 is 0 Å². The Morgan fingerprint density at radius 3 is 2.27 bits per heavy atom. The summed E-state index contributed by atoms with van der Waals surface area (Å²) in [5.74, 6) is -0.214. The maximum Gasteiger partial charge on any atom is 0.123 e. The summed E-state index contributed by atoms with van der Waals surface area (Å²) in [6, 6.07) is 19.3. The van der Waals surface area contributed by atoms with Crippen LogP contribution in [0.2, 0.25) is 0 Å². The van der Waals surface area contributed by atoms with Gasteiger partial charge in [0.2, 0.25) is 0 Å². The average molecular weight is 347 g/mol. The molecule has 2 aromatic carbocycles. The van der Waals surface area contributed by atoms with Gasteiger partial charge in [-0.05, 0) is 41.5 Å². The summed E-state index contributed by atoms with van der Waals surface area (Å²) in [6.45, 7) is 5.04. The molecule has 3 aromatic rings. The molecule has 4 heteroatoms.